The lowest BCUT2D eigenvalue weighted by atomic mass is 10.1. The molecule has 0 saturated heterocycles. The molecule has 1 amide bonds. The maximum atomic E-state index is 12.8. The Hall–Kier alpha value is -3.02. The summed E-state index contributed by atoms with van der Waals surface area (Å²) >= 11 is 0. The fourth-order valence-corrected chi connectivity index (χ4v) is 2.80. The summed E-state index contributed by atoms with van der Waals surface area (Å²) < 4.78 is 17.0. The zero-order chi connectivity index (χ0) is 21.2. The van der Waals surface area contributed by atoms with Crippen LogP contribution >= 0.6 is 0 Å². The van der Waals surface area contributed by atoms with Crippen LogP contribution in [0, 0.1) is 6.92 Å². The van der Waals surface area contributed by atoms with E-state index in [1.54, 1.807) is 12.1 Å². The third-order valence-electron chi connectivity index (χ3n) is 4.18. The molecule has 2 aromatic carbocycles. The first kappa shape index (κ1) is 22.3. The number of benzene rings is 2. The lowest BCUT2D eigenvalue weighted by Gasteiger charge is -2.16. The van der Waals surface area contributed by atoms with Crippen LogP contribution < -0.4 is 19.6 Å². The number of nitrogens with zero attached hydrogens (tertiary/aromatic N) is 1. The van der Waals surface area contributed by atoms with Crippen LogP contribution in [0.15, 0.2) is 41.5 Å². The van der Waals surface area contributed by atoms with Crippen LogP contribution in [0.4, 0.5) is 0 Å². The standard InChI is InChI=1S/C23H30N2O4/c1-6-19(17-12-10-16(5)11-13-17)24-25-23(26)18-14-20(27-7-2)22(29-9-4)21(15-18)28-8-3/h10-15H,6-9H2,1-5H3,(H,25,26)/b24-19+. The Morgan fingerprint density at radius 3 is 1.90 bits per heavy atom. The highest BCUT2D eigenvalue weighted by molar-refractivity contribution is 6.02. The number of hydrogen-bond acceptors (Lipinski definition) is 5. The SMILES string of the molecule is CCOc1cc(C(=O)N/N=C(\CC)c2ccc(C)cc2)cc(OCC)c1OCC. The van der Waals surface area contributed by atoms with Gasteiger partial charge in [-0.15, -0.1) is 0 Å². The predicted octanol–water partition coefficient (Wildman–Crippen LogP) is 4.74. The highest BCUT2D eigenvalue weighted by atomic mass is 16.5. The molecule has 0 radical (unpaired) electrons. The lowest BCUT2D eigenvalue weighted by molar-refractivity contribution is 0.0953. The molecule has 1 N–H and O–H groups in total. The van der Waals surface area contributed by atoms with E-state index in [0.29, 0.717) is 49.1 Å². The Kier molecular flexibility index (Phi) is 8.52. The third-order valence-corrected chi connectivity index (χ3v) is 4.18. The average Bonchev–Trinajstić information content (AvgIpc) is 2.72. The van der Waals surface area contributed by atoms with Gasteiger partial charge in [0, 0.05) is 5.56 Å². The predicted molar refractivity (Wildman–Crippen MR) is 115 cm³/mol. The second kappa shape index (κ2) is 11.1. The van der Waals surface area contributed by atoms with E-state index in [-0.39, 0.29) is 5.91 Å². The van der Waals surface area contributed by atoms with Crippen molar-refractivity contribution in [3.8, 4) is 17.2 Å². The Bertz CT molecular complexity index is 817. The number of hydrazone groups is 1. The van der Waals surface area contributed by atoms with Gasteiger partial charge in [0.05, 0.1) is 25.5 Å². The number of rotatable bonds is 10. The van der Waals surface area contributed by atoms with Gasteiger partial charge < -0.3 is 14.2 Å². The number of hydrogen-bond donors (Lipinski definition) is 1. The van der Waals surface area contributed by atoms with E-state index >= 15 is 0 Å². The van der Waals surface area contributed by atoms with Crippen molar-refractivity contribution in [3.63, 3.8) is 0 Å². The van der Waals surface area contributed by atoms with Crippen LogP contribution in [0.5, 0.6) is 17.2 Å². The maximum absolute atomic E-state index is 12.8. The van der Waals surface area contributed by atoms with Crippen LogP contribution in [0.2, 0.25) is 0 Å². The molecule has 0 saturated carbocycles. The van der Waals surface area contributed by atoms with Gasteiger partial charge in [-0.2, -0.15) is 5.10 Å². The van der Waals surface area contributed by atoms with E-state index in [1.807, 2.05) is 58.9 Å². The Balaban J connectivity index is 2.31. The average molecular weight is 399 g/mol. The quantitative estimate of drug-likeness (QED) is 0.464. The van der Waals surface area contributed by atoms with Crippen LogP contribution in [0.25, 0.3) is 0 Å². The van der Waals surface area contributed by atoms with Gasteiger partial charge in [0.1, 0.15) is 0 Å². The largest absolute Gasteiger partial charge is 0.490 e. The number of amides is 1. The van der Waals surface area contributed by atoms with Gasteiger partial charge in [-0.3, -0.25) is 4.79 Å². The zero-order valence-corrected chi connectivity index (χ0v) is 17.9. The molecule has 2 rings (SSSR count). The second-order valence-corrected chi connectivity index (χ2v) is 6.32. The highest BCUT2D eigenvalue weighted by Gasteiger charge is 2.18. The molecule has 0 spiro atoms. The Morgan fingerprint density at radius 1 is 0.862 bits per heavy atom. The molecule has 0 bridgehead atoms. The van der Waals surface area contributed by atoms with Gasteiger partial charge >= 0.3 is 0 Å². The molecule has 0 aliphatic carbocycles. The smallest absolute Gasteiger partial charge is 0.271 e. The molecule has 156 valence electrons. The first-order chi connectivity index (χ1) is 14.0. The molecule has 6 heteroatoms. The van der Waals surface area contributed by atoms with E-state index in [1.165, 1.54) is 5.56 Å². The first-order valence-corrected chi connectivity index (χ1v) is 10.0. The summed E-state index contributed by atoms with van der Waals surface area (Å²) in [5.74, 6) is 1.12. The van der Waals surface area contributed by atoms with Crippen molar-refractivity contribution in [2.24, 2.45) is 5.10 Å². The number of ether oxygens (including phenoxy) is 3. The topological polar surface area (TPSA) is 69.2 Å². The first-order valence-electron chi connectivity index (χ1n) is 10.0. The van der Waals surface area contributed by atoms with Gasteiger partial charge in [0.25, 0.3) is 5.91 Å². The summed E-state index contributed by atoms with van der Waals surface area (Å²) in [6.45, 7) is 11.0. The summed E-state index contributed by atoms with van der Waals surface area (Å²) in [6.07, 6.45) is 0.695. The third kappa shape index (κ3) is 5.98. The minimum Gasteiger partial charge on any atom is -0.490 e. The molecule has 0 atom stereocenters. The van der Waals surface area contributed by atoms with Crippen molar-refractivity contribution in [2.45, 2.75) is 41.0 Å². The normalized spacial score (nSPS) is 11.1. The summed E-state index contributed by atoms with van der Waals surface area (Å²) in [5, 5.41) is 4.33. The van der Waals surface area contributed by atoms with Crippen LogP contribution in [-0.2, 0) is 0 Å². The van der Waals surface area contributed by atoms with Crippen molar-refractivity contribution in [3.05, 3.63) is 53.1 Å². The molecule has 2 aromatic rings. The monoisotopic (exact) mass is 398 g/mol. The van der Waals surface area contributed by atoms with Crippen molar-refractivity contribution in [1.29, 1.82) is 0 Å². The van der Waals surface area contributed by atoms with Gasteiger partial charge in [-0.1, -0.05) is 36.8 Å². The summed E-state index contributed by atoms with van der Waals surface area (Å²) in [6, 6.07) is 11.4. The lowest BCUT2D eigenvalue weighted by Crippen LogP contribution is -2.20. The molecule has 0 aliphatic rings. The Labute approximate surface area is 172 Å². The van der Waals surface area contributed by atoms with E-state index in [2.05, 4.69) is 10.5 Å². The van der Waals surface area contributed by atoms with Crippen molar-refractivity contribution >= 4 is 11.6 Å². The van der Waals surface area contributed by atoms with Crippen molar-refractivity contribution in [2.75, 3.05) is 19.8 Å². The molecule has 6 nitrogen and oxygen atoms in total. The second-order valence-electron chi connectivity index (χ2n) is 6.32. The van der Waals surface area contributed by atoms with E-state index in [9.17, 15) is 4.79 Å². The maximum Gasteiger partial charge on any atom is 0.271 e. The van der Waals surface area contributed by atoms with Crippen LogP contribution in [0.1, 0.15) is 55.6 Å². The molecular weight excluding hydrogens is 368 g/mol. The zero-order valence-electron chi connectivity index (χ0n) is 17.9. The number of aryl methyl sites for hydroxylation is 1. The number of nitrogens with one attached hydrogen (secondary N) is 1. The van der Waals surface area contributed by atoms with Gasteiger partial charge in [0.2, 0.25) is 5.75 Å². The fourth-order valence-electron chi connectivity index (χ4n) is 2.80. The molecule has 0 heterocycles. The van der Waals surface area contributed by atoms with Crippen LogP contribution in [-0.4, -0.2) is 31.4 Å². The summed E-state index contributed by atoms with van der Waals surface area (Å²) in [5.41, 5.74) is 6.00. The summed E-state index contributed by atoms with van der Waals surface area (Å²) in [7, 11) is 0. The number of carbonyl (C=O) groups is 1. The number of carbonyl (C=O) groups excluding carboxylic acids is 1. The minimum absolute atomic E-state index is 0.340. The van der Waals surface area contributed by atoms with Crippen molar-refractivity contribution in [1.82, 2.24) is 5.43 Å². The van der Waals surface area contributed by atoms with Gasteiger partial charge in [0.15, 0.2) is 11.5 Å². The van der Waals surface area contributed by atoms with E-state index < -0.39 is 0 Å². The van der Waals surface area contributed by atoms with Crippen LogP contribution in [0.3, 0.4) is 0 Å². The molecule has 0 aromatic heterocycles. The van der Waals surface area contributed by atoms with Gasteiger partial charge in [-0.25, -0.2) is 5.43 Å². The molecule has 0 fully saturated rings. The van der Waals surface area contributed by atoms with Crippen molar-refractivity contribution < 1.29 is 19.0 Å². The van der Waals surface area contributed by atoms with E-state index in [4.69, 9.17) is 14.2 Å². The fraction of sp³-hybridized carbons (Fsp3) is 0.391. The van der Waals surface area contributed by atoms with E-state index in [0.717, 1.165) is 11.3 Å². The summed E-state index contributed by atoms with van der Waals surface area (Å²) in [4.78, 5) is 12.8. The Morgan fingerprint density at radius 2 is 1.41 bits per heavy atom. The molecule has 29 heavy (non-hydrogen) atoms. The van der Waals surface area contributed by atoms with Gasteiger partial charge in [-0.05, 0) is 51.8 Å². The minimum atomic E-state index is -0.340. The molecule has 0 aliphatic heterocycles. The molecular formula is C23H30N2O4. The molecule has 0 unspecified atom stereocenters. The highest BCUT2D eigenvalue weighted by Crippen LogP contribution is 2.39.